The van der Waals surface area contributed by atoms with Crippen molar-refractivity contribution >= 4 is 94.4 Å². The van der Waals surface area contributed by atoms with Gasteiger partial charge in [-0.1, -0.05) is 21.9 Å². The number of hydrogen-bond donors (Lipinski definition) is 3. The van der Waals surface area contributed by atoms with Gasteiger partial charge in [0, 0.05) is 306 Å². The van der Waals surface area contributed by atoms with Crippen molar-refractivity contribution in [2.75, 3.05) is 14.2 Å². The minimum absolute atomic E-state index is 0. The maximum atomic E-state index is 15.3. The molecule has 6 aromatic heterocycles. The van der Waals surface area contributed by atoms with Crippen LogP contribution < -0.4 is 15.0 Å². The molecule has 0 saturated carbocycles. The summed E-state index contributed by atoms with van der Waals surface area (Å²) in [5, 5.41) is 5.88. The van der Waals surface area contributed by atoms with Crippen molar-refractivity contribution in [3.05, 3.63) is 73.8 Å². The third kappa shape index (κ3) is 17.1. The van der Waals surface area contributed by atoms with Crippen LogP contribution in [0.15, 0.2) is 26.0 Å². The fraction of sp³-hybridized carbons (Fsp3) is 0.235. The van der Waals surface area contributed by atoms with Crippen molar-refractivity contribution in [1.82, 2.24) is 40.2 Å². The average molecular weight is 1660 g/mol. The Bertz CT molecular complexity index is 2910. The van der Waals surface area contributed by atoms with E-state index in [1.807, 2.05) is 0 Å². The molecule has 0 bridgehead atoms. The van der Waals surface area contributed by atoms with E-state index in [2.05, 4.69) is 73.9 Å². The number of nitrogens with one attached hydrogen (secondary N) is 3. The number of rotatable bonds is 4. The summed E-state index contributed by atoms with van der Waals surface area (Å²) in [6.45, 7) is 10.5. The van der Waals surface area contributed by atoms with Crippen molar-refractivity contribution in [2.45, 2.75) is 41.5 Å². The van der Waals surface area contributed by atoms with Crippen molar-refractivity contribution < 1.29 is 326 Å². The van der Waals surface area contributed by atoms with Crippen LogP contribution in [0.1, 0.15) is 34.6 Å². The van der Waals surface area contributed by atoms with Gasteiger partial charge in [-0.15, -0.1) is 0 Å². The van der Waals surface area contributed by atoms with Crippen LogP contribution in [0, 0.1) is 53.2 Å². The Balaban J connectivity index is -0.000000451. The molecule has 8 aromatic rings. The van der Waals surface area contributed by atoms with E-state index in [0.29, 0.717) is 89.9 Å². The summed E-state index contributed by atoms with van der Waals surface area (Å²) >= 11 is 20.1. The Kier molecular flexibility index (Phi) is 38.6. The first kappa shape index (κ1) is 75.7. The van der Waals surface area contributed by atoms with Crippen molar-refractivity contribution in [1.29, 1.82) is 0 Å². The molecule has 64 heavy (non-hydrogen) atoms. The number of methoxy groups -OCH3 is 2. The Hall–Kier alpha value is 5.21. The smallest absolute Gasteiger partial charge is 0.339 e. The van der Waals surface area contributed by atoms with Gasteiger partial charge < -0.3 is 33.5 Å². The van der Waals surface area contributed by atoms with Crippen LogP contribution >= 0.6 is 50.5 Å². The number of halogens is 6. The number of aromatic nitrogens is 8. The Morgan fingerprint density at radius 3 is 1.34 bits per heavy atom. The van der Waals surface area contributed by atoms with Crippen molar-refractivity contribution in [2.24, 2.45) is 0 Å². The zero-order valence-electron chi connectivity index (χ0n) is 35.3. The van der Waals surface area contributed by atoms with Crippen LogP contribution in [-0.2, 0) is 299 Å². The quantitative estimate of drug-likeness (QED) is 0.112. The molecular formula is C34H29Cl4F2N8O6PY9. The number of H-pyrrole nitrogens is 3. The molecule has 315 valence electrons. The normalized spacial score (nSPS) is 9.97. The molecule has 0 amide bonds. The molecular weight excluding hydrogens is 1630 g/mol. The average Bonchev–Trinajstić information content (AvgIpc) is 3.83. The molecule has 0 spiro atoms. The fourth-order valence-corrected chi connectivity index (χ4v) is 6.78. The molecule has 9 radical (unpaired) electrons. The standard InChI is InChI=1S/C17H14ClFN4O2.C17H15FN4O3.Cl3OP.9Y/c1-6-11(7(2)25-23-6)9-5-10-12(14(19)15(9)24-4)13-16(18)20-8(3)21-17(13)22-10;1-6-11(7(2)25-22-6)9-5-10-12(14(18)15(9)24-4)13-16(21-10)19-8(3)20-17(13)23;1-5(2,3)4;;;;;;;;;/h5H,1-4H3,(H,20,21,22);5H,1-4H3,(H2,19,20,21,23);;;;;;;;;;. The Morgan fingerprint density at radius 2 is 0.984 bits per heavy atom. The zero-order valence-corrected chi connectivity index (χ0v) is 64.7. The van der Waals surface area contributed by atoms with E-state index in [9.17, 15) is 9.36 Å². The summed E-state index contributed by atoms with van der Waals surface area (Å²) in [7, 11) is 2.80. The Morgan fingerprint density at radius 1 is 0.609 bits per heavy atom. The summed E-state index contributed by atoms with van der Waals surface area (Å²) in [4.78, 5) is 33.7. The summed E-state index contributed by atoms with van der Waals surface area (Å²) in [5.74, 6) is 1.05. The summed E-state index contributed by atoms with van der Waals surface area (Å²) in [6.07, 6.45) is 0. The summed E-state index contributed by atoms with van der Waals surface area (Å²) in [5.41, 5.74) is 5.09. The monoisotopic (exact) mass is 1650 g/mol. The summed E-state index contributed by atoms with van der Waals surface area (Å²) < 4.78 is 61.2. The summed E-state index contributed by atoms with van der Waals surface area (Å²) in [6, 6.07) is 3.51. The third-order valence-corrected chi connectivity index (χ3v) is 8.75. The van der Waals surface area contributed by atoms with Gasteiger partial charge in [-0.3, -0.25) is 9.36 Å². The number of hydrogen-bond acceptors (Lipinski definition) is 11. The van der Waals surface area contributed by atoms with Gasteiger partial charge in [0.05, 0.1) is 69.3 Å². The molecule has 0 aliphatic heterocycles. The second-order valence-corrected chi connectivity index (χ2v) is 19.1. The van der Waals surface area contributed by atoms with E-state index in [1.54, 1.807) is 53.7 Å². The van der Waals surface area contributed by atoms with Crippen molar-refractivity contribution in [3.63, 3.8) is 0 Å². The molecule has 0 saturated heterocycles. The number of fused-ring (bicyclic) bond motifs is 6. The number of aromatic amines is 3. The van der Waals surface area contributed by atoms with Gasteiger partial charge in [0.25, 0.3) is 5.56 Å². The van der Waals surface area contributed by atoms with Gasteiger partial charge in [-0.25, -0.2) is 23.7 Å². The van der Waals surface area contributed by atoms with Gasteiger partial charge in [0.1, 0.15) is 39.6 Å². The van der Waals surface area contributed by atoms with Gasteiger partial charge in [-0.05, 0) is 87.4 Å². The Labute approximate surface area is 611 Å². The van der Waals surface area contributed by atoms with Crippen LogP contribution in [0.4, 0.5) is 8.78 Å². The third-order valence-electron chi connectivity index (χ3n) is 8.48. The first-order valence-electron chi connectivity index (χ1n) is 15.9. The van der Waals surface area contributed by atoms with Gasteiger partial charge >= 0.3 is 5.20 Å². The van der Waals surface area contributed by atoms with Gasteiger partial charge in [0.15, 0.2) is 23.1 Å². The SMILES string of the molecule is COc1c(-c2c(C)noc2C)cc2[nH]c3nc(C)[nH]c(=O)c3c2c1F.COc1c(-c2c(C)noc2C)cc2[nH]c3nc(C)nc(Cl)c3c2c1F.O=P(Cl)(Cl)Cl.[Y].[Y].[Y].[Y].[Y].[Y].[Y].[Y].[Y]. The topological polar surface area (TPSA) is 191 Å². The molecule has 6 heterocycles. The molecule has 0 aliphatic carbocycles. The maximum Gasteiger partial charge on any atom is 0.339 e. The van der Waals surface area contributed by atoms with Crippen molar-refractivity contribution in [3.8, 4) is 33.8 Å². The molecule has 0 atom stereocenters. The van der Waals surface area contributed by atoms with E-state index in [-0.39, 0.29) is 322 Å². The van der Waals surface area contributed by atoms with E-state index in [0.717, 1.165) is 0 Å². The molecule has 14 nitrogen and oxygen atoms in total. The minimum Gasteiger partial charge on any atom is -0.493 e. The van der Waals surface area contributed by atoms with Crippen LogP contribution in [-0.4, -0.2) is 54.4 Å². The number of ether oxygens (including phenoxy) is 2. The zero-order chi connectivity index (χ0) is 40.3. The van der Waals surface area contributed by atoms with E-state index >= 15 is 8.78 Å². The molecule has 0 fully saturated rings. The molecule has 3 N–H and O–H groups in total. The molecule has 0 aliphatic rings. The largest absolute Gasteiger partial charge is 0.493 e. The van der Waals surface area contributed by atoms with Crippen LogP contribution in [0.25, 0.3) is 66.1 Å². The predicted octanol–water partition coefficient (Wildman–Crippen LogP) is 10.4. The maximum absolute atomic E-state index is 15.3. The fourth-order valence-electron chi connectivity index (χ4n) is 6.47. The molecule has 0 unspecified atom stereocenters. The molecule has 2 aromatic carbocycles. The minimum atomic E-state index is -3.22. The number of aryl methyl sites for hydroxylation is 6. The van der Waals surface area contributed by atoms with E-state index in [1.165, 1.54) is 14.2 Å². The number of benzene rings is 2. The molecule has 30 heteroatoms. The van der Waals surface area contributed by atoms with E-state index in [4.69, 9.17) is 30.1 Å². The second kappa shape index (κ2) is 32.6. The van der Waals surface area contributed by atoms with Crippen LogP contribution in [0.2, 0.25) is 5.15 Å². The number of nitrogens with zero attached hydrogens (tertiary/aromatic N) is 5. The van der Waals surface area contributed by atoms with Gasteiger partial charge in [-0.2, -0.15) is 0 Å². The second-order valence-electron chi connectivity index (χ2n) is 12.1. The predicted molar refractivity (Wildman–Crippen MR) is 208 cm³/mol. The van der Waals surface area contributed by atoms with Crippen LogP contribution in [0.5, 0.6) is 11.5 Å². The van der Waals surface area contributed by atoms with E-state index < -0.39 is 22.4 Å². The van der Waals surface area contributed by atoms with Crippen LogP contribution in [0.3, 0.4) is 0 Å². The van der Waals surface area contributed by atoms with Gasteiger partial charge in [0.2, 0.25) is 0 Å². The first-order chi connectivity index (χ1) is 25.8. The first-order valence-corrected chi connectivity index (χ1v) is 20.7. The molecule has 8 rings (SSSR count).